The van der Waals surface area contributed by atoms with Crippen LogP contribution in [0.5, 0.6) is 0 Å². The van der Waals surface area contributed by atoms with Crippen molar-refractivity contribution in [3.05, 3.63) is 130 Å². The Kier molecular flexibility index (Phi) is 12.8. The van der Waals surface area contributed by atoms with Crippen molar-refractivity contribution < 1.29 is 0 Å². The van der Waals surface area contributed by atoms with E-state index in [1.807, 2.05) is 24.3 Å². The largest absolute Gasteiger partial charge is 0.399 e. The summed E-state index contributed by atoms with van der Waals surface area (Å²) in [6, 6.07) is 36.0. The van der Waals surface area contributed by atoms with Gasteiger partial charge in [-0.05, 0) is 95.7 Å². The van der Waals surface area contributed by atoms with Crippen molar-refractivity contribution in [3.63, 3.8) is 0 Å². The van der Waals surface area contributed by atoms with E-state index in [0.29, 0.717) is 17.8 Å². The molecule has 0 radical (unpaired) electrons. The van der Waals surface area contributed by atoms with Gasteiger partial charge < -0.3 is 11.5 Å². The average molecular weight is 575 g/mol. The quantitative estimate of drug-likeness (QED) is 0.0973. The molecule has 0 bridgehead atoms. The lowest BCUT2D eigenvalue weighted by Crippen LogP contribution is -2.10. The van der Waals surface area contributed by atoms with Crippen molar-refractivity contribution >= 4 is 11.4 Å². The summed E-state index contributed by atoms with van der Waals surface area (Å²) in [7, 11) is 0. The number of hydrogen-bond acceptors (Lipinski definition) is 2. The molecule has 4 N–H and O–H groups in total. The van der Waals surface area contributed by atoms with Crippen LogP contribution in [0.25, 0.3) is 0 Å². The van der Waals surface area contributed by atoms with E-state index in [4.69, 9.17) is 11.5 Å². The number of nitrogen functional groups attached to an aromatic ring is 2. The van der Waals surface area contributed by atoms with Gasteiger partial charge in [-0.2, -0.15) is 0 Å². The van der Waals surface area contributed by atoms with Gasteiger partial charge in [-0.25, -0.2) is 0 Å². The van der Waals surface area contributed by atoms with Crippen LogP contribution in [-0.2, 0) is 12.8 Å². The fraction of sp³-hybridized carbons (Fsp3) is 0.415. The zero-order valence-corrected chi connectivity index (χ0v) is 26.9. The lowest BCUT2D eigenvalue weighted by atomic mass is 9.84. The number of anilines is 2. The molecule has 0 amide bonds. The van der Waals surface area contributed by atoms with Crippen LogP contribution in [0.4, 0.5) is 11.4 Å². The second-order valence-electron chi connectivity index (χ2n) is 12.6. The van der Waals surface area contributed by atoms with Crippen molar-refractivity contribution in [2.75, 3.05) is 11.5 Å². The van der Waals surface area contributed by atoms with E-state index in [1.165, 1.54) is 65.5 Å². The molecule has 228 valence electrons. The summed E-state index contributed by atoms with van der Waals surface area (Å²) < 4.78 is 0. The molecule has 0 aliphatic heterocycles. The summed E-state index contributed by atoms with van der Waals surface area (Å²) in [5, 5.41) is 0. The Morgan fingerprint density at radius 2 is 0.791 bits per heavy atom. The van der Waals surface area contributed by atoms with Gasteiger partial charge in [0.25, 0.3) is 0 Å². The molecule has 0 saturated carbocycles. The lowest BCUT2D eigenvalue weighted by Gasteiger charge is -2.21. The first-order valence-corrected chi connectivity index (χ1v) is 16.9. The normalized spacial score (nSPS) is 13.5. The molecule has 4 aromatic rings. The highest BCUT2D eigenvalue weighted by molar-refractivity contribution is 5.44. The van der Waals surface area contributed by atoms with Crippen LogP contribution >= 0.6 is 0 Å². The van der Waals surface area contributed by atoms with Gasteiger partial charge in [0.15, 0.2) is 0 Å². The molecule has 4 rings (SSSR count). The molecule has 0 aliphatic carbocycles. The Morgan fingerprint density at radius 3 is 1.14 bits per heavy atom. The van der Waals surface area contributed by atoms with Crippen LogP contribution in [0, 0.1) is 5.92 Å². The fourth-order valence-corrected chi connectivity index (χ4v) is 6.66. The van der Waals surface area contributed by atoms with Crippen molar-refractivity contribution in [2.45, 2.75) is 103 Å². The summed E-state index contributed by atoms with van der Waals surface area (Å²) >= 11 is 0. The predicted molar refractivity (Wildman–Crippen MR) is 188 cm³/mol. The monoisotopic (exact) mass is 574 g/mol. The second-order valence-corrected chi connectivity index (χ2v) is 12.6. The van der Waals surface area contributed by atoms with Crippen molar-refractivity contribution in [1.82, 2.24) is 0 Å². The number of hydrogen-bond donors (Lipinski definition) is 2. The predicted octanol–water partition coefficient (Wildman–Crippen LogP) is 11.1. The van der Waals surface area contributed by atoms with Crippen LogP contribution in [0.1, 0.15) is 124 Å². The van der Waals surface area contributed by atoms with Gasteiger partial charge in [0.05, 0.1) is 0 Å². The first kappa shape index (κ1) is 32.4. The Morgan fingerprint density at radius 1 is 0.419 bits per heavy atom. The lowest BCUT2D eigenvalue weighted by molar-refractivity contribution is 0.449. The van der Waals surface area contributed by atoms with Crippen LogP contribution in [0.15, 0.2) is 97.1 Å². The molecule has 2 heteroatoms. The molecule has 2 atom stereocenters. The molecule has 0 fully saturated rings. The van der Waals surface area contributed by atoms with Crippen molar-refractivity contribution in [3.8, 4) is 0 Å². The molecule has 2 unspecified atom stereocenters. The second kappa shape index (κ2) is 16.9. The highest BCUT2D eigenvalue weighted by Gasteiger charge is 2.17. The van der Waals surface area contributed by atoms with E-state index in [1.54, 1.807) is 0 Å². The fourth-order valence-electron chi connectivity index (χ4n) is 6.66. The molecule has 2 nitrogen and oxygen atoms in total. The molecule has 0 saturated heterocycles. The van der Waals surface area contributed by atoms with E-state index in [-0.39, 0.29) is 0 Å². The third kappa shape index (κ3) is 9.75. The molecule has 43 heavy (non-hydrogen) atoms. The number of nitrogens with two attached hydrogens (primary N) is 2. The minimum Gasteiger partial charge on any atom is -0.399 e. The third-order valence-electron chi connectivity index (χ3n) is 9.11. The third-order valence-corrected chi connectivity index (χ3v) is 9.11. The number of benzene rings is 4. The first-order chi connectivity index (χ1) is 21.0. The summed E-state index contributed by atoms with van der Waals surface area (Å²) in [5.41, 5.74) is 22.1. The molecule has 4 aromatic carbocycles. The van der Waals surface area contributed by atoms with E-state index >= 15 is 0 Å². The van der Waals surface area contributed by atoms with Gasteiger partial charge in [0, 0.05) is 23.2 Å². The minimum atomic E-state index is 0.424. The number of rotatable bonds is 17. The topological polar surface area (TPSA) is 52.0 Å². The summed E-state index contributed by atoms with van der Waals surface area (Å²) in [6.07, 6.45) is 13.5. The maximum Gasteiger partial charge on any atom is 0.0314 e. The van der Waals surface area contributed by atoms with E-state index in [2.05, 4.69) is 93.6 Å². The van der Waals surface area contributed by atoms with Gasteiger partial charge in [0.1, 0.15) is 0 Å². The SMILES string of the molecule is CCCCCCC(Cc1ccc(C(CCC)c2ccc(N)cc2)cc1)Cc1ccc(C(CCC)c2ccc(N)cc2)cc1. The van der Waals surface area contributed by atoms with E-state index in [0.717, 1.165) is 49.9 Å². The summed E-state index contributed by atoms with van der Waals surface area (Å²) in [5.74, 6) is 1.50. The zero-order chi connectivity index (χ0) is 30.4. The van der Waals surface area contributed by atoms with Crippen LogP contribution < -0.4 is 11.5 Å². The minimum absolute atomic E-state index is 0.424. The smallest absolute Gasteiger partial charge is 0.0314 e. The van der Waals surface area contributed by atoms with Crippen LogP contribution in [0.3, 0.4) is 0 Å². The molecule has 0 aliphatic rings. The van der Waals surface area contributed by atoms with Gasteiger partial charge in [0.2, 0.25) is 0 Å². The molecule has 0 heterocycles. The summed E-state index contributed by atoms with van der Waals surface area (Å²) in [6.45, 7) is 6.85. The Labute approximate surface area is 261 Å². The van der Waals surface area contributed by atoms with Crippen LogP contribution in [0.2, 0.25) is 0 Å². The molecule has 0 aromatic heterocycles. The molecular weight excluding hydrogens is 520 g/mol. The first-order valence-electron chi connectivity index (χ1n) is 16.9. The highest BCUT2D eigenvalue weighted by Crippen LogP contribution is 2.32. The van der Waals surface area contributed by atoms with Crippen molar-refractivity contribution in [2.24, 2.45) is 5.92 Å². The van der Waals surface area contributed by atoms with Gasteiger partial charge in [-0.15, -0.1) is 0 Å². The standard InChI is InChI=1S/C41H54N2/c1-4-7-8-9-12-33(29-31-13-17-34(18-14-31)40(10-5-2)36-21-25-38(42)26-22-36)30-32-15-19-35(20-16-32)41(11-6-3)37-23-27-39(43)28-24-37/h13-28,33,40-41H,4-12,29-30,42-43H2,1-3H3. The van der Waals surface area contributed by atoms with E-state index in [9.17, 15) is 0 Å². The Bertz CT molecular complexity index is 1220. The number of unbranched alkanes of at least 4 members (excludes halogenated alkanes) is 3. The van der Waals surface area contributed by atoms with Gasteiger partial charge >= 0.3 is 0 Å². The molecular formula is C41H54N2. The maximum atomic E-state index is 5.97. The van der Waals surface area contributed by atoms with Gasteiger partial charge in [-0.3, -0.25) is 0 Å². The highest BCUT2D eigenvalue weighted by atomic mass is 14.5. The van der Waals surface area contributed by atoms with E-state index < -0.39 is 0 Å². The Balaban J connectivity index is 1.47. The van der Waals surface area contributed by atoms with Crippen molar-refractivity contribution in [1.29, 1.82) is 0 Å². The maximum absolute atomic E-state index is 5.97. The Hall–Kier alpha value is -3.52. The molecule has 0 spiro atoms. The zero-order valence-electron chi connectivity index (χ0n) is 26.9. The van der Waals surface area contributed by atoms with Gasteiger partial charge in [-0.1, -0.05) is 132 Å². The average Bonchev–Trinajstić information content (AvgIpc) is 3.03. The summed E-state index contributed by atoms with van der Waals surface area (Å²) in [4.78, 5) is 0. The van der Waals surface area contributed by atoms with Crippen LogP contribution in [-0.4, -0.2) is 0 Å².